The van der Waals surface area contributed by atoms with Crippen LogP contribution < -0.4 is 5.32 Å². The van der Waals surface area contributed by atoms with E-state index in [4.69, 9.17) is 9.47 Å². The second-order valence-corrected chi connectivity index (χ2v) is 23.9. The summed E-state index contributed by atoms with van der Waals surface area (Å²) in [6.07, 6.45) is 75.7. The molecule has 1 amide bonds. The first-order valence-electron chi connectivity index (χ1n) is 34.5. The van der Waals surface area contributed by atoms with Crippen LogP contribution in [-0.4, -0.2) is 87.5 Å². The fourth-order valence-electron chi connectivity index (χ4n) is 11.0. The monoisotopic (exact) mass is 1130 g/mol. The molecule has 0 bridgehead atoms. The summed E-state index contributed by atoms with van der Waals surface area (Å²) in [4.78, 5) is 13.1. The number of rotatable bonds is 60. The number of nitrogens with one attached hydrogen (secondary N) is 1. The Morgan fingerprint density at radius 2 is 0.775 bits per heavy atom. The molecule has 0 spiro atoms. The first-order valence-corrected chi connectivity index (χ1v) is 34.5. The summed E-state index contributed by atoms with van der Waals surface area (Å²) in [5, 5.41) is 54.9. The highest BCUT2D eigenvalue weighted by Crippen LogP contribution is 2.24. The molecule has 0 aromatic rings. The summed E-state index contributed by atoms with van der Waals surface area (Å²) in [7, 11) is 0. The molecule has 1 fully saturated rings. The molecule has 7 unspecified atom stereocenters. The van der Waals surface area contributed by atoms with E-state index in [-0.39, 0.29) is 12.5 Å². The zero-order valence-corrected chi connectivity index (χ0v) is 52.3. The van der Waals surface area contributed by atoms with Gasteiger partial charge in [0.15, 0.2) is 6.29 Å². The Labute approximate surface area is 494 Å². The molecular weight excluding hydrogens is 995 g/mol. The average molecular weight is 1130 g/mol. The van der Waals surface area contributed by atoms with Crippen molar-refractivity contribution in [3.05, 3.63) is 60.8 Å². The fraction of sp³-hybridized carbons (Fsp3) is 0.845. The molecule has 80 heavy (non-hydrogen) atoms. The Hall–Kier alpha value is -2.11. The SMILES string of the molecule is CC/C=C\C/C=C\C/C=C\C/C=C\C/C=C\CCCCCCCCCCCCCCCCCCCCCC(=O)NC(COC1OC(CO)C(O)C(O)C1O)C(O)CCCCCCCCCCCCCCCCCCCCCCCC. The van der Waals surface area contributed by atoms with Crippen LogP contribution in [0.25, 0.3) is 0 Å². The van der Waals surface area contributed by atoms with Crippen molar-refractivity contribution in [2.75, 3.05) is 13.2 Å². The first kappa shape index (κ1) is 75.9. The highest BCUT2D eigenvalue weighted by atomic mass is 16.7. The van der Waals surface area contributed by atoms with E-state index in [0.717, 1.165) is 70.6 Å². The second-order valence-electron chi connectivity index (χ2n) is 23.9. The minimum atomic E-state index is -1.55. The number of aliphatic hydroxyl groups excluding tert-OH is 5. The number of hydrogen-bond donors (Lipinski definition) is 6. The van der Waals surface area contributed by atoms with Gasteiger partial charge in [0.2, 0.25) is 5.91 Å². The van der Waals surface area contributed by atoms with Gasteiger partial charge in [0.1, 0.15) is 24.4 Å². The van der Waals surface area contributed by atoms with E-state index >= 15 is 0 Å². The zero-order valence-electron chi connectivity index (χ0n) is 52.3. The van der Waals surface area contributed by atoms with Crippen molar-refractivity contribution in [2.45, 2.75) is 371 Å². The Bertz CT molecular complexity index is 1450. The number of hydrogen-bond acceptors (Lipinski definition) is 8. The summed E-state index contributed by atoms with van der Waals surface area (Å²) in [5.74, 6) is -0.139. The van der Waals surface area contributed by atoms with Crippen molar-refractivity contribution in [3.8, 4) is 0 Å². The predicted octanol–water partition coefficient (Wildman–Crippen LogP) is 18.6. The molecule has 6 N–H and O–H groups in total. The molecule has 9 nitrogen and oxygen atoms in total. The van der Waals surface area contributed by atoms with Gasteiger partial charge in [-0.25, -0.2) is 0 Å². The fourth-order valence-corrected chi connectivity index (χ4v) is 11.0. The molecular formula is C71H131NO8. The summed E-state index contributed by atoms with van der Waals surface area (Å²) in [6.45, 7) is 3.77. The highest BCUT2D eigenvalue weighted by molar-refractivity contribution is 5.76. The third-order valence-corrected chi connectivity index (χ3v) is 16.4. The number of ether oxygens (including phenoxy) is 2. The summed E-state index contributed by atoms with van der Waals surface area (Å²) in [5.41, 5.74) is 0. The smallest absolute Gasteiger partial charge is 0.220 e. The van der Waals surface area contributed by atoms with Crippen LogP contribution >= 0.6 is 0 Å². The van der Waals surface area contributed by atoms with Gasteiger partial charge >= 0.3 is 0 Å². The first-order chi connectivity index (χ1) is 39.3. The maximum Gasteiger partial charge on any atom is 0.220 e. The molecule has 7 atom stereocenters. The van der Waals surface area contributed by atoms with Crippen molar-refractivity contribution in [2.24, 2.45) is 0 Å². The Morgan fingerprint density at radius 3 is 1.15 bits per heavy atom. The lowest BCUT2D eigenvalue weighted by Crippen LogP contribution is -2.60. The van der Waals surface area contributed by atoms with Crippen molar-refractivity contribution >= 4 is 5.91 Å². The van der Waals surface area contributed by atoms with Gasteiger partial charge in [0.25, 0.3) is 0 Å². The topological polar surface area (TPSA) is 149 Å². The molecule has 0 aliphatic carbocycles. The maximum atomic E-state index is 13.1. The summed E-state index contributed by atoms with van der Waals surface area (Å²) < 4.78 is 11.4. The second kappa shape index (κ2) is 60.0. The normalized spacial score (nSPS) is 18.8. The largest absolute Gasteiger partial charge is 0.394 e. The van der Waals surface area contributed by atoms with Crippen LogP contribution in [0, 0.1) is 0 Å². The molecule has 1 aliphatic rings. The number of carbonyl (C=O) groups excluding carboxylic acids is 1. The van der Waals surface area contributed by atoms with Gasteiger partial charge in [0.05, 0.1) is 25.4 Å². The molecule has 468 valence electrons. The van der Waals surface area contributed by atoms with Crippen molar-refractivity contribution in [3.63, 3.8) is 0 Å². The van der Waals surface area contributed by atoms with E-state index in [9.17, 15) is 30.3 Å². The number of unbranched alkanes of at least 4 members (excludes halogenated alkanes) is 40. The minimum Gasteiger partial charge on any atom is -0.394 e. The number of aliphatic hydroxyl groups is 5. The van der Waals surface area contributed by atoms with Gasteiger partial charge in [-0.3, -0.25) is 4.79 Å². The minimum absolute atomic E-state index is 0.135. The van der Waals surface area contributed by atoms with Crippen molar-refractivity contribution in [1.29, 1.82) is 0 Å². The molecule has 1 aliphatic heterocycles. The number of allylic oxidation sites excluding steroid dienone is 10. The highest BCUT2D eigenvalue weighted by Gasteiger charge is 2.44. The quantitative estimate of drug-likeness (QED) is 0.0261. The van der Waals surface area contributed by atoms with Crippen LogP contribution in [0.3, 0.4) is 0 Å². The molecule has 0 saturated carbocycles. The molecule has 9 heteroatoms. The summed E-state index contributed by atoms with van der Waals surface area (Å²) >= 11 is 0. The van der Waals surface area contributed by atoms with E-state index in [1.54, 1.807) is 0 Å². The Balaban J connectivity index is 2.09. The van der Waals surface area contributed by atoms with Crippen LogP contribution in [0.5, 0.6) is 0 Å². The van der Waals surface area contributed by atoms with Gasteiger partial charge in [-0.2, -0.15) is 0 Å². The van der Waals surface area contributed by atoms with Gasteiger partial charge in [-0.15, -0.1) is 0 Å². The van der Waals surface area contributed by atoms with Crippen molar-refractivity contribution < 1.29 is 39.8 Å². The van der Waals surface area contributed by atoms with Crippen LogP contribution in [0.15, 0.2) is 60.8 Å². The summed E-state index contributed by atoms with van der Waals surface area (Å²) in [6, 6.07) is -0.720. The zero-order chi connectivity index (χ0) is 57.9. The standard InChI is InChI=1S/C71H131NO8/c1-3-5-7-9-11-13-15-17-19-21-23-25-27-28-29-30-31-32-33-34-35-36-37-38-39-41-43-45-47-49-51-53-55-57-59-61-67(75)72-64(63-79-71-70(78)69(77)68(76)66(62-73)80-71)65(74)60-58-56-54-52-50-48-46-44-42-40-26-24-22-20-18-16-14-12-10-8-6-4-2/h5,7,11,13,17,19,23,25,28-29,64-66,68-71,73-74,76-78H,3-4,6,8-10,12,14-16,18,20-22,24,26-27,30-63H2,1-2H3,(H,72,75)/b7-5-,13-11-,19-17-,25-23-,29-28-. The van der Waals surface area contributed by atoms with Gasteiger partial charge in [-0.1, -0.05) is 325 Å². The lowest BCUT2D eigenvalue weighted by molar-refractivity contribution is -0.302. The van der Waals surface area contributed by atoms with E-state index < -0.39 is 49.5 Å². The van der Waals surface area contributed by atoms with Crippen LogP contribution in [0.1, 0.15) is 328 Å². The van der Waals surface area contributed by atoms with E-state index in [1.165, 1.54) is 231 Å². The Morgan fingerprint density at radius 1 is 0.438 bits per heavy atom. The molecule has 0 aromatic heterocycles. The number of amides is 1. The van der Waals surface area contributed by atoms with E-state index in [2.05, 4.69) is 79.9 Å². The van der Waals surface area contributed by atoms with Crippen LogP contribution in [0.2, 0.25) is 0 Å². The lowest BCUT2D eigenvalue weighted by atomic mass is 9.99. The van der Waals surface area contributed by atoms with E-state index in [0.29, 0.717) is 12.8 Å². The third-order valence-electron chi connectivity index (χ3n) is 16.4. The van der Waals surface area contributed by atoms with Gasteiger partial charge in [-0.05, 0) is 57.8 Å². The molecule has 0 radical (unpaired) electrons. The maximum absolute atomic E-state index is 13.1. The van der Waals surface area contributed by atoms with Crippen LogP contribution in [0.4, 0.5) is 0 Å². The molecule has 1 heterocycles. The average Bonchev–Trinajstić information content (AvgIpc) is 3.46. The van der Waals surface area contributed by atoms with Crippen LogP contribution in [-0.2, 0) is 14.3 Å². The van der Waals surface area contributed by atoms with Gasteiger partial charge in [0, 0.05) is 6.42 Å². The van der Waals surface area contributed by atoms with Gasteiger partial charge < -0.3 is 40.3 Å². The predicted molar refractivity (Wildman–Crippen MR) is 341 cm³/mol. The molecule has 1 rings (SSSR count). The molecule has 1 saturated heterocycles. The molecule has 0 aromatic carbocycles. The van der Waals surface area contributed by atoms with Crippen molar-refractivity contribution in [1.82, 2.24) is 5.32 Å². The number of carbonyl (C=O) groups is 1. The Kier molecular flexibility index (Phi) is 57.0. The third kappa shape index (κ3) is 48.3. The van der Waals surface area contributed by atoms with E-state index in [1.807, 2.05) is 0 Å². The lowest BCUT2D eigenvalue weighted by Gasteiger charge is -2.40.